The molecule has 0 atom stereocenters. The quantitative estimate of drug-likeness (QED) is 0.568. The molecule has 2 aromatic carbocycles. The molecule has 6 heteroatoms. The number of rotatable bonds is 7. The molecule has 0 radical (unpaired) electrons. The van der Waals surface area contributed by atoms with Crippen molar-refractivity contribution in [3.05, 3.63) is 71.7 Å². The maximum atomic E-state index is 14.2. The SMILES string of the molecule is COC(=O)c1ccc(COc2cccc(-c3ccn(CC4CC4)n3)c2)c(F)c1. The van der Waals surface area contributed by atoms with Gasteiger partial charge in [-0.15, -0.1) is 0 Å². The molecule has 0 spiro atoms. The molecule has 0 unspecified atom stereocenters. The van der Waals surface area contributed by atoms with Crippen molar-refractivity contribution in [1.29, 1.82) is 0 Å². The van der Waals surface area contributed by atoms with Gasteiger partial charge in [0.2, 0.25) is 0 Å². The predicted molar refractivity (Wildman–Crippen MR) is 102 cm³/mol. The molecule has 1 heterocycles. The number of carbonyl (C=O) groups is 1. The first-order valence-corrected chi connectivity index (χ1v) is 9.26. The van der Waals surface area contributed by atoms with Crippen molar-refractivity contribution >= 4 is 5.97 Å². The summed E-state index contributed by atoms with van der Waals surface area (Å²) in [4.78, 5) is 11.5. The van der Waals surface area contributed by atoms with Gasteiger partial charge in [0, 0.05) is 23.9 Å². The van der Waals surface area contributed by atoms with Gasteiger partial charge in [-0.25, -0.2) is 9.18 Å². The van der Waals surface area contributed by atoms with Crippen LogP contribution in [0.15, 0.2) is 54.7 Å². The molecule has 3 aromatic rings. The number of benzene rings is 2. The van der Waals surface area contributed by atoms with Gasteiger partial charge in [-0.05, 0) is 49.1 Å². The molecule has 0 aliphatic heterocycles. The van der Waals surface area contributed by atoms with Crippen molar-refractivity contribution in [3.8, 4) is 17.0 Å². The first-order valence-electron chi connectivity index (χ1n) is 9.26. The van der Waals surface area contributed by atoms with E-state index in [0.717, 1.165) is 29.8 Å². The number of hydrogen-bond donors (Lipinski definition) is 0. The van der Waals surface area contributed by atoms with Crippen LogP contribution in [0.5, 0.6) is 5.75 Å². The highest BCUT2D eigenvalue weighted by Crippen LogP contribution is 2.31. The summed E-state index contributed by atoms with van der Waals surface area (Å²) in [5.41, 5.74) is 2.38. The number of nitrogens with zero attached hydrogens (tertiary/aromatic N) is 2. The minimum Gasteiger partial charge on any atom is -0.489 e. The van der Waals surface area contributed by atoms with Crippen molar-refractivity contribution in [2.24, 2.45) is 5.92 Å². The van der Waals surface area contributed by atoms with E-state index >= 15 is 0 Å². The molecule has 1 aromatic heterocycles. The molecule has 1 aliphatic rings. The van der Waals surface area contributed by atoms with Gasteiger partial charge in [0.15, 0.2) is 0 Å². The van der Waals surface area contributed by atoms with Crippen LogP contribution in [0.1, 0.15) is 28.8 Å². The lowest BCUT2D eigenvalue weighted by atomic mass is 10.1. The Hall–Kier alpha value is -3.15. The van der Waals surface area contributed by atoms with E-state index in [9.17, 15) is 9.18 Å². The third kappa shape index (κ3) is 4.22. The molecular formula is C22H21FN2O3. The summed E-state index contributed by atoms with van der Waals surface area (Å²) in [7, 11) is 1.26. The van der Waals surface area contributed by atoms with E-state index in [2.05, 4.69) is 9.84 Å². The molecular weight excluding hydrogens is 359 g/mol. The first-order chi connectivity index (χ1) is 13.6. The molecule has 4 rings (SSSR count). The number of carbonyl (C=O) groups excluding carboxylic acids is 1. The number of aromatic nitrogens is 2. The molecule has 0 amide bonds. The summed E-state index contributed by atoms with van der Waals surface area (Å²) < 4.78 is 26.5. The molecule has 0 bridgehead atoms. The van der Waals surface area contributed by atoms with Crippen LogP contribution in [0.4, 0.5) is 4.39 Å². The van der Waals surface area contributed by atoms with E-state index in [1.165, 1.54) is 32.1 Å². The summed E-state index contributed by atoms with van der Waals surface area (Å²) in [6.45, 7) is 1.03. The van der Waals surface area contributed by atoms with Crippen molar-refractivity contribution < 1.29 is 18.7 Å². The van der Waals surface area contributed by atoms with E-state index in [-0.39, 0.29) is 12.2 Å². The number of hydrogen-bond acceptors (Lipinski definition) is 4. The Labute approximate surface area is 162 Å². The summed E-state index contributed by atoms with van der Waals surface area (Å²) >= 11 is 0. The number of ether oxygens (including phenoxy) is 2. The lowest BCUT2D eigenvalue weighted by Crippen LogP contribution is -2.04. The summed E-state index contributed by atoms with van der Waals surface area (Å²) in [5.74, 6) is 0.326. The Morgan fingerprint density at radius 3 is 2.82 bits per heavy atom. The number of halogens is 1. The smallest absolute Gasteiger partial charge is 0.337 e. The van der Waals surface area contributed by atoms with Crippen LogP contribution in [0.25, 0.3) is 11.3 Å². The lowest BCUT2D eigenvalue weighted by molar-refractivity contribution is 0.0600. The molecule has 5 nitrogen and oxygen atoms in total. The van der Waals surface area contributed by atoms with E-state index < -0.39 is 11.8 Å². The molecule has 0 N–H and O–H groups in total. The van der Waals surface area contributed by atoms with Crippen LogP contribution < -0.4 is 4.74 Å². The Kier molecular flexibility index (Phi) is 5.10. The van der Waals surface area contributed by atoms with Crippen molar-refractivity contribution in [1.82, 2.24) is 9.78 Å². The van der Waals surface area contributed by atoms with E-state index in [0.29, 0.717) is 11.3 Å². The minimum absolute atomic E-state index is 0.0624. The Morgan fingerprint density at radius 2 is 2.07 bits per heavy atom. The maximum Gasteiger partial charge on any atom is 0.337 e. The Morgan fingerprint density at radius 1 is 1.21 bits per heavy atom. The van der Waals surface area contributed by atoms with E-state index in [4.69, 9.17) is 4.74 Å². The van der Waals surface area contributed by atoms with Crippen molar-refractivity contribution in [2.45, 2.75) is 26.0 Å². The summed E-state index contributed by atoms with van der Waals surface area (Å²) in [6.07, 6.45) is 4.57. The number of esters is 1. The summed E-state index contributed by atoms with van der Waals surface area (Å²) in [6, 6.07) is 13.8. The van der Waals surface area contributed by atoms with Gasteiger partial charge < -0.3 is 9.47 Å². The zero-order chi connectivity index (χ0) is 19.5. The number of methoxy groups -OCH3 is 1. The van der Waals surface area contributed by atoms with Crippen LogP contribution in [0.3, 0.4) is 0 Å². The highest BCUT2D eigenvalue weighted by molar-refractivity contribution is 5.89. The summed E-state index contributed by atoms with van der Waals surface area (Å²) in [5, 5.41) is 4.63. The monoisotopic (exact) mass is 380 g/mol. The fourth-order valence-electron chi connectivity index (χ4n) is 3.00. The molecule has 0 saturated heterocycles. The third-order valence-corrected chi connectivity index (χ3v) is 4.78. The predicted octanol–water partition coefficient (Wildman–Crippen LogP) is 4.46. The highest BCUT2D eigenvalue weighted by atomic mass is 19.1. The van der Waals surface area contributed by atoms with Gasteiger partial charge in [0.05, 0.1) is 18.4 Å². The fourth-order valence-corrected chi connectivity index (χ4v) is 3.00. The van der Waals surface area contributed by atoms with Gasteiger partial charge in [-0.2, -0.15) is 5.10 Å². The molecule has 28 heavy (non-hydrogen) atoms. The van der Waals surface area contributed by atoms with Crippen LogP contribution in [0.2, 0.25) is 0 Å². The van der Waals surface area contributed by atoms with Crippen LogP contribution >= 0.6 is 0 Å². The average Bonchev–Trinajstić information content (AvgIpc) is 3.41. The average molecular weight is 380 g/mol. The van der Waals surface area contributed by atoms with Crippen LogP contribution in [-0.2, 0) is 17.9 Å². The van der Waals surface area contributed by atoms with E-state index in [1.54, 1.807) is 0 Å². The largest absolute Gasteiger partial charge is 0.489 e. The Balaban J connectivity index is 1.43. The van der Waals surface area contributed by atoms with Gasteiger partial charge in [0.1, 0.15) is 18.2 Å². The van der Waals surface area contributed by atoms with Crippen molar-refractivity contribution in [2.75, 3.05) is 7.11 Å². The Bertz CT molecular complexity index is 995. The van der Waals surface area contributed by atoms with Crippen LogP contribution in [-0.4, -0.2) is 22.9 Å². The van der Waals surface area contributed by atoms with Gasteiger partial charge in [-0.3, -0.25) is 4.68 Å². The molecule has 1 saturated carbocycles. The zero-order valence-electron chi connectivity index (χ0n) is 15.6. The van der Waals surface area contributed by atoms with Gasteiger partial charge in [0.25, 0.3) is 0 Å². The lowest BCUT2D eigenvalue weighted by Gasteiger charge is -2.09. The first kappa shape index (κ1) is 18.2. The highest BCUT2D eigenvalue weighted by Gasteiger charge is 2.22. The molecule has 144 valence electrons. The second kappa shape index (κ2) is 7.84. The standard InChI is InChI=1S/C22H21FN2O3/c1-27-22(26)17-7-8-18(20(23)12-17)14-28-19-4-2-3-16(11-19)21-9-10-25(24-21)13-15-5-6-15/h2-4,7-12,15H,5-6,13-14H2,1H3. The fraction of sp³-hybridized carbons (Fsp3) is 0.273. The van der Waals surface area contributed by atoms with E-state index in [1.807, 2.05) is 41.2 Å². The zero-order valence-corrected chi connectivity index (χ0v) is 15.6. The maximum absolute atomic E-state index is 14.2. The van der Waals surface area contributed by atoms with Gasteiger partial charge in [-0.1, -0.05) is 18.2 Å². The normalized spacial score (nSPS) is 13.4. The van der Waals surface area contributed by atoms with Crippen molar-refractivity contribution in [3.63, 3.8) is 0 Å². The second-order valence-corrected chi connectivity index (χ2v) is 6.98. The third-order valence-electron chi connectivity index (χ3n) is 4.78. The molecule has 1 aliphatic carbocycles. The molecule has 1 fully saturated rings. The van der Waals surface area contributed by atoms with Gasteiger partial charge >= 0.3 is 5.97 Å². The topological polar surface area (TPSA) is 53.4 Å². The minimum atomic E-state index is -0.569. The van der Waals surface area contributed by atoms with Crippen LogP contribution in [0, 0.1) is 11.7 Å². The second-order valence-electron chi connectivity index (χ2n) is 6.98.